The summed E-state index contributed by atoms with van der Waals surface area (Å²) in [6, 6.07) is -0.967. The van der Waals surface area contributed by atoms with E-state index in [1.54, 1.807) is 13.8 Å². The first-order valence-corrected chi connectivity index (χ1v) is 12.0. The van der Waals surface area contributed by atoms with Crippen LogP contribution in [0.3, 0.4) is 0 Å². The first kappa shape index (κ1) is 29.4. The zero-order valence-corrected chi connectivity index (χ0v) is 20.8. The van der Waals surface area contributed by atoms with Crippen LogP contribution in [0.15, 0.2) is 11.8 Å². The number of hydrogen-bond acceptors (Lipinski definition) is 11. The van der Waals surface area contributed by atoms with Gasteiger partial charge in [-0.25, -0.2) is 8.98 Å². The largest absolute Gasteiger partial charge is 0.475 e. The highest BCUT2D eigenvalue weighted by Gasteiger charge is 2.57. The lowest BCUT2D eigenvalue weighted by molar-refractivity contribution is -0.255. The lowest BCUT2D eigenvalue weighted by atomic mass is 9.70. The summed E-state index contributed by atoms with van der Waals surface area (Å²) in [6.07, 6.45) is -4.82. The van der Waals surface area contributed by atoms with Crippen LogP contribution in [0.2, 0.25) is 0 Å². The number of carboxylic acid groups (broad SMARTS) is 1. The fourth-order valence-corrected chi connectivity index (χ4v) is 4.50. The van der Waals surface area contributed by atoms with Crippen molar-refractivity contribution in [2.45, 2.75) is 76.3 Å². The van der Waals surface area contributed by atoms with Gasteiger partial charge in [0.05, 0.1) is 43.7 Å². The molecule has 7 atom stereocenters. The van der Waals surface area contributed by atoms with E-state index in [0.29, 0.717) is 0 Å². The average Bonchev–Trinajstić information content (AvgIpc) is 2.70. The number of rotatable bonds is 9. The molecule has 0 bridgehead atoms. The summed E-state index contributed by atoms with van der Waals surface area (Å²) >= 11 is 0. The monoisotopic (exact) mass is 527 g/mol. The van der Waals surface area contributed by atoms with Gasteiger partial charge in [-0.2, -0.15) is 8.42 Å². The van der Waals surface area contributed by atoms with Crippen molar-refractivity contribution >= 4 is 22.3 Å². The number of hydrogen-bond donors (Lipinski definition) is 6. The Kier molecular flexibility index (Phi) is 8.61. The van der Waals surface area contributed by atoms with Crippen LogP contribution in [0.5, 0.6) is 0 Å². The second kappa shape index (κ2) is 10.3. The zero-order chi connectivity index (χ0) is 27.0. The molecule has 2 rings (SSSR count). The van der Waals surface area contributed by atoms with Crippen LogP contribution in [0.4, 0.5) is 0 Å². The molecule has 0 aromatic heterocycles. The van der Waals surface area contributed by atoms with Gasteiger partial charge in [0.25, 0.3) is 0 Å². The molecule has 202 valence electrons. The van der Waals surface area contributed by atoms with E-state index in [1.807, 2.05) is 0 Å². The quantitative estimate of drug-likeness (QED) is 0.185. The molecule has 2 aliphatic heterocycles. The predicted molar refractivity (Wildman–Crippen MR) is 116 cm³/mol. The van der Waals surface area contributed by atoms with Gasteiger partial charge in [-0.3, -0.25) is 9.35 Å². The highest BCUT2D eigenvalue weighted by molar-refractivity contribution is 7.80. The minimum atomic E-state index is -4.85. The molecule has 0 saturated carbocycles. The van der Waals surface area contributed by atoms with E-state index < -0.39 is 88.3 Å². The summed E-state index contributed by atoms with van der Waals surface area (Å²) in [5.41, 5.74) is -4.35. The number of amides is 1. The fourth-order valence-electron chi connectivity index (χ4n) is 4.20. The molecule has 0 aliphatic carbocycles. The van der Waals surface area contributed by atoms with Crippen LogP contribution < -0.4 is 5.32 Å². The second-order valence-electron chi connectivity index (χ2n) is 9.73. The smallest absolute Gasteiger partial charge is 0.397 e. The molecular weight excluding hydrogens is 494 g/mol. The highest BCUT2D eigenvalue weighted by atomic mass is 32.3. The number of carbonyl (C=O) groups is 2. The molecule has 2 aliphatic rings. The zero-order valence-electron chi connectivity index (χ0n) is 20.0. The number of nitrogens with one attached hydrogen (secondary N) is 1. The topological polar surface area (TPSA) is 218 Å². The van der Waals surface area contributed by atoms with Crippen molar-refractivity contribution in [3.8, 4) is 0 Å². The third-order valence-corrected chi connectivity index (χ3v) is 6.71. The molecule has 15 heteroatoms. The van der Waals surface area contributed by atoms with Gasteiger partial charge in [0, 0.05) is 12.3 Å². The Morgan fingerprint density at radius 1 is 1.11 bits per heavy atom. The van der Waals surface area contributed by atoms with Crippen LogP contribution in [-0.2, 0) is 38.4 Å². The number of carboxylic acids is 1. The van der Waals surface area contributed by atoms with Crippen LogP contribution in [0, 0.1) is 5.41 Å². The second-order valence-corrected chi connectivity index (χ2v) is 10.8. The molecule has 1 saturated heterocycles. The first-order chi connectivity index (χ1) is 15.8. The molecule has 0 spiro atoms. The van der Waals surface area contributed by atoms with E-state index in [9.17, 15) is 38.4 Å². The van der Waals surface area contributed by atoms with E-state index in [1.165, 1.54) is 20.8 Å². The summed E-state index contributed by atoms with van der Waals surface area (Å²) in [5, 5.41) is 43.4. The summed E-state index contributed by atoms with van der Waals surface area (Å²) in [7, 11) is -4.85. The lowest BCUT2D eigenvalue weighted by Crippen LogP contribution is -2.71. The summed E-state index contributed by atoms with van der Waals surface area (Å²) in [5.74, 6) is -2.52. The molecule has 0 radical (unpaired) electrons. The Hall–Kier alpha value is -1.85. The number of aliphatic carboxylic acids is 1. The normalized spacial score (nSPS) is 37.2. The Morgan fingerprint density at radius 2 is 1.71 bits per heavy atom. The number of aliphatic hydroxyl groups is 3. The Labute approximate surface area is 202 Å². The maximum Gasteiger partial charge on any atom is 0.397 e. The lowest BCUT2D eigenvalue weighted by Gasteiger charge is -2.54. The van der Waals surface area contributed by atoms with Gasteiger partial charge in [-0.15, -0.1) is 0 Å². The van der Waals surface area contributed by atoms with Crippen molar-refractivity contribution in [3.63, 3.8) is 0 Å². The molecular formula is C20H33NO13S. The van der Waals surface area contributed by atoms with E-state index in [2.05, 4.69) is 9.50 Å². The van der Waals surface area contributed by atoms with Crippen LogP contribution in [0.25, 0.3) is 0 Å². The molecule has 0 aromatic carbocycles. The third kappa shape index (κ3) is 6.68. The van der Waals surface area contributed by atoms with Gasteiger partial charge in [0.1, 0.15) is 12.2 Å². The van der Waals surface area contributed by atoms with Crippen LogP contribution >= 0.6 is 0 Å². The van der Waals surface area contributed by atoms with Crippen molar-refractivity contribution < 1.29 is 61.4 Å². The van der Waals surface area contributed by atoms with Gasteiger partial charge in [-0.1, -0.05) is 6.92 Å². The van der Waals surface area contributed by atoms with Gasteiger partial charge in [0.2, 0.25) is 11.7 Å². The molecule has 35 heavy (non-hydrogen) atoms. The maximum absolute atomic E-state index is 11.7. The van der Waals surface area contributed by atoms with Gasteiger partial charge >= 0.3 is 16.4 Å². The van der Waals surface area contributed by atoms with E-state index in [4.69, 9.17) is 18.8 Å². The van der Waals surface area contributed by atoms with Crippen LogP contribution in [-0.4, -0.2) is 107 Å². The van der Waals surface area contributed by atoms with E-state index >= 15 is 0 Å². The van der Waals surface area contributed by atoms with E-state index in [0.717, 1.165) is 6.08 Å². The predicted octanol–water partition coefficient (Wildman–Crippen LogP) is -1.65. The Bertz CT molecular complexity index is 951. The number of aliphatic hydroxyl groups excluding tert-OH is 3. The standard InChI is InChI=1S/C20H33NO13S/c1-10(22)21-14-16(25)19(4,13(34-18(14,2)3)7-32-35(28,29)30)8-31-9-20(5)15(24)11(23)6-12(33-20)17(26)27/h6,11,13-16,23-25H,7-9H2,1-5H3,(H,21,22)(H,26,27)(H,28,29,30)/t11-,13?,14?,15?,16+,19-,20-/m1/s1. The molecule has 6 N–H and O–H groups in total. The fraction of sp³-hybridized carbons (Fsp3) is 0.800. The molecule has 14 nitrogen and oxygen atoms in total. The highest BCUT2D eigenvalue weighted by Crippen LogP contribution is 2.42. The van der Waals surface area contributed by atoms with Crippen molar-refractivity contribution in [1.82, 2.24) is 5.32 Å². The van der Waals surface area contributed by atoms with Gasteiger partial charge < -0.3 is 40.0 Å². The first-order valence-electron chi connectivity index (χ1n) is 10.7. The maximum atomic E-state index is 11.7. The average molecular weight is 528 g/mol. The molecule has 3 unspecified atom stereocenters. The van der Waals surface area contributed by atoms with Crippen molar-refractivity contribution in [3.05, 3.63) is 11.8 Å². The van der Waals surface area contributed by atoms with Crippen molar-refractivity contribution in [1.29, 1.82) is 0 Å². The summed E-state index contributed by atoms with van der Waals surface area (Å²) < 4.78 is 52.8. The minimum absolute atomic E-state index is 0.381. The summed E-state index contributed by atoms with van der Waals surface area (Å²) in [6.45, 7) is 5.61. The Morgan fingerprint density at radius 3 is 2.23 bits per heavy atom. The molecule has 1 amide bonds. The molecule has 2 heterocycles. The number of carbonyl (C=O) groups excluding carboxylic acids is 1. The van der Waals surface area contributed by atoms with Gasteiger partial charge in [0.15, 0.2) is 5.60 Å². The summed E-state index contributed by atoms with van der Waals surface area (Å²) in [4.78, 5) is 23.0. The molecule has 1 fully saturated rings. The Balaban J connectivity index is 2.29. The molecule has 0 aromatic rings. The number of ether oxygens (including phenoxy) is 3. The minimum Gasteiger partial charge on any atom is -0.475 e. The van der Waals surface area contributed by atoms with Crippen molar-refractivity contribution in [2.24, 2.45) is 5.41 Å². The van der Waals surface area contributed by atoms with Gasteiger partial charge in [-0.05, 0) is 26.8 Å². The third-order valence-electron chi connectivity index (χ3n) is 6.28. The SMILES string of the molecule is CC(=O)NC1[C@H](O)[C@](C)(COC[C@@]2(C)OC(C(=O)O)=C[C@@H](O)C2O)C(COS(=O)(=O)O)OC1(C)C. The van der Waals surface area contributed by atoms with E-state index in [-0.39, 0.29) is 6.61 Å². The van der Waals surface area contributed by atoms with Crippen molar-refractivity contribution in [2.75, 3.05) is 19.8 Å². The van der Waals surface area contributed by atoms with Crippen LogP contribution in [0.1, 0.15) is 34.6 Å².